The lowest BCUT2D eigenvalue weighted by Gasteiger charge is -2.11. The third-order valence-corrected chi connectivity index (χ3v) is 3.87. The van der Waals surface area contributed by atoms with Crippen LogP contribution in [-0.4, -0.2) is 22.8 Å². The number of fused-ring (bicyclic) bond motifs is 1. The topological polar surface area (TPSA) is 73.2 Å². The van der Waals surface area contributed by atoms with Gasteiger partial charge in [0.1, 0.15) is 0 Å². The smallest absolute Gasteiger partial charge is 0.280 e. The van der Waals surface area contributed by atoms with Crippen LogP contribution in [0.25, 0.3) is 10.9 Å². The number of aryl methyl sites for hydroxylation is 1. The second-order valence-corrected chi connectivity index (χ2v) is 5.60. The monoisotopic (exact) mass is 337 g/mol. The fraction of sp³-hybridized carbons (Fsp3) is 0.211. The Balaban J connectivity index is 1.99. The van der Waals surface area contributed by atoms with E-state index < -0.39 is 5.91 Å². The molecule has 0 aliphatic heterocycles. The summed E-state index contributed by atoms with van der Waals surface area (Å²) in [5.41, 5.74) is 1.76. The van der Waals surface area contributed by atoms with Gasteiger partial charge >= 0.3 is 0 Å². The summed E-state index contributed by atoms with van der Waals surface area (Å²) in [7, 11) is 1.61. The van der Waals surface area contributed by atoms with Crippen LogP contribution in [0, 0.1) is 0 Å². The predicted molar refractivity (Wildman–Crippen MR) is 96.8 cm³/mol. The van der Waals surface area contributed by atoms with E-state index in [1.54, 1.807) is 36.1 Å². The highest BCUT2D eigenvalue weighted by Crippen LogP contribution is 2.13. The molecular formula is C19H19N3O3. The number of aromatic nitrogens is 2. The van der Waals surface area contributed by atoms with Gasteiger partial charge in [0.25, 0.3) is 5.91 Å². The molecule has 0 radical (unpaired) electrons. The summed E-state index contributed by atoms with van der Waals surface area (Å²) >= 11 is 0. The van der Waals surface area contributed by atoms with Gasteiger partial charge < -0.3 is 10.1 Å². The minimum atomic E-state index is -0.521. The van der Waals surface area contributed by atoms with E-state index in [0.29, 0.717) is 29.7 Å². The highest BCUT2D eigenvalue weighted by molar-refractivity contribution is 6.04. The molecule has 0 saturated carbocycles. The molecule has 0 spiro atoms. The second-order valence-electron chi connectivity index (χ2n) is 5.60. The normalized spacial score (nSPS) is 10.8. The van der Waals surface area contributed by atoms with Crippen molar-refractivity contribution in [2.45, 2.75) is 20.1 Å². The average molecular weight is 337 g/mol. The molecular weight excluding hydrogens is 318 g/mol. The Morgan fingerprint density at radius 1 is 1.20 bits per heavy atom. The molecule has 0 atom stereocenters. The Morgan fingerprint density at radius 3 is 2.76 bits per heavy atom. The third-order valence-electron chi connectivity index (χ3n) is 3.87. The number of amides is 1. The molecule has 25 heavy (non-hydrogen) atoms. The van der Waals surface area contributed by atoms with Gasteiger partial charge in [-0.15, -0.1) is 0 Å². The van der Waals surface area contributed by atoms with Gasteiger partial charge in [-0.05, 0) is 36.8 Å². The van der Waals surface area contributed by atoms with E-state index in [4.69, 9.17) is 4.74 Å². The molecule has 0 saturated heterocycles. The first-order valence-corrected chi connectivity index (χ1v) is 8.03. The Kier molecular flexibility index (Phi) is 4.90. The molecule has 3 rings (SSSR count). The maximum atomic E-state index is 12.6. The zero-order valence-electron chi connectivity index (χ0n) is 14.2. The number of nitrogens with zero attached hydrogens (tertiary/aromatic N) is 2. The van der Waals surface area contributed by atoms with Crippen molar-refractivity contribution in [1.29, 1.82) is 0 Å². The molecule has 1 aromatic heterocycles. The van der Waals surface area contributed by atoms with Crippen LogP contribution in [0.1, 0.15) is 23.0 Å². The van der Waals surface area contributed by atoms with Crippen molar-refractivity contribution in [3.63, 3.8) is 0 Å². The first-order chi connectivity index (χ1) is 12.1. The number of anilines is 1. The van der Waals surface area contributed by atoms with Gasteiger partial charge in [-0.3, -0.25) is 14.3 Å². The molecule has 1 N–H and O–H groups in total. The van der Waals surface area contributed by atoms with Crippen molar-refractivity contribution in [3.8, 4) is 0 Å². The van der Waals surface area contributed by atoms with E-state index in [9.17, 15) is 9.59 Å². The Labute approximate surface area is 145 Å². The molecule has 0 aliphatic rings. The summed E-state index contributed by atoms with van der Waals surface area (Å²) in [6.07, 6.45) is 0. The van der Waals surface area contributed by atoms with E-state index in [-0.39, 0.29) is 11.1 Å². The predicted octanol–water partition coefficient (Wildman–Crippen LogP) is 2.82. The van der Waals surface area contributed by atoms with Gasteiger partial charge in [0.05, 0.1) is 12.1 Å². The van der Waals surface area contributed by atoms with Crippen molar-refractivity contribution in [2.24, 2.45) is 0 Å². The van der Waals surface area contributed by atoms with Crippen molar-refractivity contribution in [3.05, 3.63) is 70.0 Å². The zero-order valence-corrected chi connectivity index (χ0v) is 14.2. The van der Waals surface area contributed by atoms with Crippen LogP contribution in [0.5, 0.6) is 0 Å². The Bertz CT molecular complexity index is 979. The lowest BCUT2D eigenvalue weighted by atomic mass is 10.2. The number of carbonyl (C=O) groups is 1. The quantitative estimate of drug-likeness (QED) is 0.777. The van der Waals surface area contributed by atoms with Crippen LogP contribution in [0.2, 0.25) is 0 Å². The molecule has 0 fully saturated rings. The number of para-hydroxylation sites is 1. The van der Waals surface area contributed by atoms with Crippen molar-refractivity contribution in [1.82, 2.24) is 9.78 Å². The lowest BCUT2D eigenvalue weighted by Crippen LogP contribution is -2.27. The van der Waals surface area contributed by atoms with E-state index in [0.717, 1.165) is 5.56 Å². The van der Waals surface area contributed by atoms with E-state index in [1.165, 1.54) is 0 Å². The van der Waals surface area contributed by atoms with Gasteiger partial charge in [0.15, 0.2) is 5.69 Å². The molecule has 2 aromatic carbocycles. The van der Waals surface area contributed by atoms with Crippen LogP contribution in [0.4, 0.5) is 5.69 Å². The number of carbonyl (C=O) groups excluding carboxylic acids is 1. The number of ether oxygens (including phenoxy) is 1. The van der Waals surface area contributed by atoms with E-state index >= 15 is 0 Å². The lowest BCUT2D eigenvalue weighted by molar-refractivity contribution is 0.101. The number of benzene rings is 2. The summed E-state index contributed by atoms with van der Waals surface area (Å²) in [5, 5.41) is 7.47. The van der Waals surface area contributed by atoms with Crippen LogP contribution in [0.15, 0.2) is 53.3 Å². The largest absolute Gasteiger partial charge is 0.380 e. The fourth-order valence-corrected chi connectivity index (χ4v) is 2.72. The maximum Gasteiger partial charge on any atom is 0.280 e. The molecule has 0 aliphatic carbocycles. The first-order valence-electron chi connectivity index (χ1n) is 8.03. The van der Waals surface area contributed by atoms with E-state index in [1.807, 2.05) is 31.2 Å². The highest BCUT2D eigenvalue weighted by atomic mass is 16.5. The highest BCUT2D eigenvalue weighted by Gasteiger charge is 2.17. The van der Waals surface area contributed by atoms with Gasteiger partial charge in [0.2, 0.25) is 5.43 Å². The number of nitrogens with one attached hydrogen (secondary N) is 1. The minimum Gasteiger partial charge on any atom is -0.380 e. The third kappa shape index (κ3) is 3.44. The molecule has 1 amide bonds. The van der Waals surface area contributed by atoms with Gasteiger partial charge in [-0.25, -0.2) is 0 Å². The van der Waals surface area contributed by atoms with Crippen LogP contribution >= 0.6 is 0 Å². The van der Waals surface area contributed by atoms with E-state index in [2.05, 4.69) is 10.4 Å². The second kappa shape index (κ2) is 7.27. The molecule has 6 heteroatoms. The molecule has 1 heterocycles. The van der Waals surface area contributed by atoms with Crippen molar-refractivity contribution in [2.75, 3.05) is 12.4 Å². The summed E-state index contributed by atoms with van der Waals surface area (Å²) in [4.78, 5) is 25.2. The van der Waals surface area contributed by atoms with Crippen LogP contribution < -0.4 is 10.7 Å². The Hall–Kier alpha value is -2.99. The molecule has 0 unspecified atom stereocenters. The van der Waals surface area contributed by atoms with Crippen molar-refractivity contribution < 1.29 is 9.53 Å². The fourth-order valence-electron chi connectivity index (χ4n) is 2.72. The summed E-state index contributed by atoms with van der Waals surface area (Å²) in [5.74, 6) is -0.521. The SMILES string of the molecule is CCn1nc(C(=O)Nc2cccc(COC)c2)c(=O)c2ccccc21. The molecule has 6 nitrogen and oxygen atoms in total. The first kappa shape index (κ1) is 16.9. The average Bonchev–Trinajstić information content (AvgIpc) is 2.63. The van der Waals surface area contributed by atoms with Crippen LogP contribution in [0.3, 0.4) is 0 Å². The molecule has 0 bridgehead atoms. The standard InChI is InChI=1S/C19H19N3O3/c1-3-22-16-10-5-4-9-15(16)18(23)17(21-22)19(24)20-14-8-6-7-13(11-14)12-25-2/h4-11H,3,12H2,1-2H3,(H,20,24). The summed E-state index contributed by atoms with van der Waals surface area (Å²) in [6.45, 7) is 2.92. The van der Waals surface area contributed by atoms with Gasteiger partial charge in [0, 0.05) is 24.7 Å². The number of methoxy groups -OCH3 is 1. The Morgan fingerprint density at radius 2 is 2.00 bits per heavy atom. The molecule has 3 aromatic rings. The maximum absolute atomic E-state index is 12.6. The van der Waals surface area contributed by atoms with Gasteiger partial charge in [-0.1, -0.05) is 24.3 Å². The number of hydrogen-bond donors (Lipinski definition) is 1. The summed E-state index contributed by atoms with van der Waals surface area (Å²) < 4.78 is 6.75. The number of hydrogen-bond acceptors (Lipinski definition) is 4. The minimum absolute atomic E-state index is 0.113. The van der Waals surface area contributed by atoms with Gasteiger partial charge in [-0.2, -0.15) is 5.10 Å². The molecule has 128 valence electrons. The zero-order chi connectivity index (χ0) is 17.8. The van der Waals surface area contributed by atoms with Crippen LogP contribution in [-0.2, 0) is 17.9 Å². The van der Waals surface area contributed by atoms with Crippen molar-refractivity contribution >= 4 is 22.5 Å². The number of rotatable bonds is 5. The summed E-state index contributed by atoms with van der Waals surface area (Å²) in [6, 6.07) is 14.4.